The van der Waals surface area contributed by atoms with Crippen molar-refractivity contribution < 1.29 is 23.2 Å². The zero-order valence-corrected chi connectivity index (χ0v) is 10.6. The van der Waals surface area contributed by atoms with E-state index in [-0.39, 0.29) is 19.8 Å². The molecule has 1 rings (SSSR count). The van der Waals surface area contributed by atoms with Crippen LogP contribution in [0.2, 0.25) is 0 Å². The average molecular weight is 260 g/mol. The summed E-state index contributed by atoms with van der Waals surface area (Å²) >= 11 is 0. The maximum absolute atomic E-state index is 11.2. The maximum atomic E-state index is 11.2. The molecule has 1 N–H and O–H groups in total. The van der Waals surface area contributed by atoms with Crippen LogP contribution in [0.5, 0.6) is 5.75 Å². The second-order valence-corrected chi connectivity index (χ2v) is 4.75. The molecule has 1 aromatic carbocycles. The third kappa shape index (κ3) is 6.44. The van der Waals surface area contributed by atoms with Gasteiger partial charge in [0.25, 0.3) is 0 Å². The Morgan fingerprint density at radius 3 is 2.41 bits per heavy atom. The molecule has 1 aromatic rings. The highest BCUT2D eigenvalue weighted by atomic mass is 31.2. The fourth-order valence-corrected chi connectivity index (χ4v) is 1.87. The molecule has 0 fully saturated rings. The van der Waals surface area contributed by atoms with Gasteiger partial charge in [0.1, 0.15) is 12.4 Å². The second-order valence-electron chi connectivity index (χ2n) is 3.30. The predicted molar refractivity (Wildman–Crippen MR) is 64.0 cm³/mol. The zero-order valence-electron chi connectivity index (χ0n) is 9.74. The predicted octanol–water partition coefficient (Wildman–Crippen LogP) is 2.61. The van der Waals surface area contributed by atoms with Crippen molar-refractivity contribution >= 4 is 7.82 Å². The molecule has 0 aromatic heterocycles. The highest BCUT2D eigenvalue weighted by molar-refractivity contribution is 7.47. The number of benzene rings is 1. The van der Waals surface area contributed by atoms with E-state index in [0.717, 1.165) is 0 Å². The van der Waals surface area contributed by atoms with Gasteiger partial charge in [-0.2, -0.15) is 0 Å². The van der Waals surface area contributed by atoms with Gasteiger partial charge in [0, 0.05) is 0 Å². The van der Waals surface area contributed by atoms with Crippen LogP contribution in [-0.2, 0) is 13.6 Å². The monoisotopic (exact) mass is 260 g/mol. The van der Waals surface area contributed by atoms with Gasteiger partial charge in [0.05, 0.1) is 13.2 Å². The quantitative estimate of drug-likeness (QED) is 0.575. The second kappa shape index (κ2) is 7.45. The van der Waals surface area contributed by atoms with Crippen molar-refractivity contribution in [1.29, 1.82) is 0 Å². The first-order valence-corrected chi connectivity index (χ1v) is 6.93. The van der Waals surface area contributed by atoms with Gasteiger partial charge in [-0.25, -0.2) is 4.57 Å². The lowest BCUT2D eigenvalue weighted by Crippen LogP contribution is -2.06. The summed E-state index contributed by atoms with van der Waals surface area (Å²) in [5.41, 5.74) is 0. The van der Waals surface area contributed by atoms with E-state index >= 15 is 0 Å². The molecule has 0 aliphatic rings. The topological polar surface area (TPSA) is 65.0 Å². The van der Waals surface area contributed by atoms with Gasteiger partial charge in [-0.15, -0.1) is 0 Å². The van der Waals surface area contributed by atoms with Crippen LogP contribution in [0.15, 0.2) is 30.3 Å². The van der Waals surface area contributed by atoms with Crippen molar-refractivity contribution in [3.8, 4) is 5.75 Å². The Morgan fingerprint density at radius 2 is 1.76 bits per heavy atom. The third-order valence-electron chi connectivity index (χ3n) is 1.81. The number of hydrogen-bond donors (Lipinski definition) is 1. The van der Waals surface area contributed by atoms with Crippen LogP contribution >= 0.6 is 7.82 Å². The molecule has 0 bridgehead atoms. The van der Waals surface area contributed by atoms with E-state index < -0.39 is 7.82 Å². The third-order valence-corrected chi connectivity index (χ3v) is 2.83. The fraction of sp³-hybridized carbons (Fsp3) is 0.455. The summed E-state index contributed by atoms with van der Waals surface area (Å²) in [6.07, 6.45) is 0.661. The van der Waals surface area contributed by atoms with Gasteiger partial charge in [0.2, 0.25) is 0 Å². The van der Waals surface area contributed by atoms with Crippen LogP contribution in [0.4, 0.5) is 0 Å². The van der Waals surface area contributed by atoms with Crippen molar-refractivity contribution in [2.45, 2.75) is 13.3 Å². The van der Waals surface area contributed by atoms with Gasteiger partial charge >= 0.3 is 7.82 Å². The molecular formula is C11H17O5P. The summed E-state index contributed by atoms with van der Waals surface area (Å²) in [7, 11) is -3.91. The van der Waals surface area contributed by atoms with Crippen molar-refractivity contribution in [2.75, 3.05) is 19.8 Å². The van der Waals surface area contributed by atoms with Crippen LogP contribution in [0.3, 0.4) is 0 Å². The van der Waals surface area contributed by atoms with Crippen molar-refractivity contribution in [1.82, 2.24) is 0 Å². The molecule has 0 spiro atoms. The molecule has 0 radical (unpaired) electrons. The molecular weight excluding hydrogens is 243 g/mol. The smallest absolute Gasteiger partial charge is 0.472 e. The lowest BCUT2D eigenvalue weighted by molar-refractivity contribution is 0.129. The van der Waals surface area contributed by atoms with Crippen LogP contribution in [0.25, 0.3) is 0 Å². The van der Waals surface area contributed by atoms with E-state index in [4.69, 9.17) is 9.26 Å². The van der Waals surface area contributed by atoms with Crippen molar-refractivity contribution in [3.05, 3.63) is 30.3 Å². The standard InChI is InChI=1S/C11H17O5P/c1-2-8-15-17(12,13)16-10-9-14-11-6-4-3-5-7-11/h3-7H,2,8-10H2,1H3,(H,12,13). The number of ether oxygens (including phenoxy) is 1. The van der Waals surface area contributed by atoms with Gasteiger partial charge < -0.3 is 9.63 Å². The van der Waals surface area contributed by atoms with E-state index in [2.05, 4.69) is 4.52 Å². The van der Waals surface area contributed by atoms with Crippen LogP contribution in [0.1, 0.15) is 13.3 Å². The first-order chi connectivity index (χ1) is 8.14. The first kappa shape index (κ1) is 14.2. The molecule has 96 valence electrons. The summed E-state index contributed by atoms with van der Waals surface area (Å²) in [4.78, 5) is 9.20. The van der Waals surface area contributed by atoms with Gasteiger partial charge in [-0.05, 0) is 18.6 Å². The minimum Gasteiger partial charge on any atom is -0.491 e. The molecule has 6 heteroatoms. The zero-order chi connectivity index (χ0) is 12.6. The van der Waals surface area contributed by atoms with E-state index in [9.17, 15) is 9.46 Å². The van der Waals surface area contributed by atoms with Crippen LogP contribution in [0, 0.1) is 0 Å². The van der Waals surface area contributed by atoms with Gasteiger partial charge in [-0.1, -0.05) is 25.1 Å². The van der Waals surface area contributed by atoms with E-state index in [1.807, 2.05) is 25.1 Å². The molecule has 17 heavy (non-hydrogen) atoms. The number of para-hydroxylation sites is 1. The highest BCUT2D eigenvalue weighted by Gasteiger charge is 2.19. The Balaban J connectivity index is 2.17. The number of phosphoric acid groups is 1. The molecule has 0 heterocycles. The van der Waals surface area contributed by atoms with Gasteiger partial charge in [0.15, 0.2) is 0 Å². The SMILES string of the molecule is CCCOP(=O)(O)OCCOc1ccccc1. The lowest BCUT2D eigenvalue weighted by atomic mass is 10.3. The maximum Gasteiger partial charge on any atom is 0.472 e. The Labute approximate surface area is 101 Å². The minimum atomic E-state index is -3.91. The van der Waals surface area contributed by atoms with E-state index in [1.165, 1.54) is 0 Å². The number of hydrogen-bond acceptors (Lipinski definition) is 4. The van der Waals surface area contributed by atoms with Crippen molar-refractivity contribution in [3.63, 3.8) is 0 Å². The lowest BCUT2D eigenvalue weighted by Gasteiger charge is -2.11. The highest BCUT2D eigenvalue weighted by Crippen LogP contribution is 2.42. The first-order valence-electron chi connectivity index (χ1n) is 5.44. The summed E-state index contributed by atoms with van der Waals surface area (Å²) in [5.74, 6) is 0.693. The molecule has 0 aliphatic heterocycles. The summed E-state index contributed by atoms with van der Waals surface area (Å²) < 4.78 is 25.9. The Hall–Kier alpha value is -0.870. The summed E-state index contributed by atoms with van der Waals surface area (Å²) in [5, 5.41) is 0. The summed E-state index contributed by atoms with van der Waals surface area (Å²) in [6.45, 7) is 2.25. The Kier molecular flexibility index (Phi) is 6.22. The molecule has 0 saturated carbocycles. The van der Waals surface area contributed by atoms with Gasteiger partial charge in [-0.3, -0.25) is 9.05 Å². The molecule has 1 unspecified atom stereocenters. The average Bonchev–Trinajstić information content (AvgIpc) is 2.34. The van der Waals surface area contributed by atoms with Crippen LogP contribution < -0.4 is 4.74 Å². The molecule has 5 nitrogen and oxygen atoms in total. The van der Waals surface area contributed by atoms with Crippen LogP contribution in [-0.4, -0.2) is 24.7 Å². The largest absolute Gasteiger partial charge is 0.491 e. The summed E-state index contributed by atoms with van der Waals surface area (Å²) in [6, 6.07) is 9.16. The fourth-order valence-electron chi connectivity index (χ4n) is 1.07. The molecule has 1 atom stereocenters. The van der Waals surface area contributed by atoms with Crippen molar-refractivity contribution in [2.24, 2.45) is 0 Å². The number of phosphoric ester groups is 1. The van der Waals surface area contributed by atoms with E-state index in [1.54, 1.807) is 12.1 Å². The minimum absolute atomic E-state index is 0.00634. The molecule has 0 amide bonds. The Bertz CT molecular complexity index is 354. The normalized spacial score (nSPS) is 14.2. The molecule has 0 saturated heterocycles. The number of rotatable bonds is 8. The molecule has 0 aliphatic carbocycles. The van der Waals surface area contributed by atoms with E-state index in [0.29, 0.717) is 12.2 Å². The Morgan fingerprint density at radius 1 is 1.12 bits per heavy atom.